The van der Waals surface area contributed by atoms with Crippen LogP contribution < -0.4 is 0 Å². The summed E-state index contributed by atoms with van der Waals surface area (Å²) in [7, 11) is 0. The van der Waals surface area contributed by atoms with Gasteiger partial charge in [0.15, 0.2) is 0 Å². The molecule has 0 saturated heterocycles. The van der Waals surface area contributed by atoms with Crippen LogP contribution in [0, 0.1) is 0 Å². The lowest BCUT2D eigenvalue weighted by Crippen LogP contribution is -1.86. The Kier molecular flexibility index (Phi) is 4.04. The second-order valence-electron chi connectivity index (χ2n) is 3.06. The molecule has 2 aromatic rings. The summed E-state index contributed by atoms with van der Waals surface area (Å²) in [5.41, 5.74) is 1.08. The minimum absolute atomic E-state index is 0.407. The van der Waals surface area contributed by atoms with Gasteiger partial charge < -0.3 is 0 Å². The van der Waals surface area contributed by atoms with Crippen LogP contribution in [-0.2, 0) is 5.75 Å². The Morgan fingerprint density at radius 1 is 1.12 bits per heavy atom. The molecule has 1 aromatic carbocycles. The van der Waals surface area contributed by atoms with Crippen molar-refractivity contribution < 1.29 is 0 Å². The van der Waals surface area contributed by atoms with Crippen molar-refractivity contribution in [2.45, 2.75) is 10.8 Å². The van der Waals surface area contributed by atoms with Crippen LogP contribution in [0.2, 0.25) is 10.2 Å². The van der Waals surface area contributed by atoms with E-state index in [9.17, 15) is 0 Å². The predicted molar refractivity (Wildman–Crippen MR) is 68.1 cm³/mol. The first-order valence-electron chi connectivity index (χ1n) is 4.59. The standard InChI is InChI=1S/C11H8Cl2N2S/c12-9-4-2-1-3-8(9)7-16-11-6-14-5-10(13)15-11/h1-6H,7H2. The Balaban J connectivity index is 2.05. The largest absolute Gasteiger partial charge is 0.259 e. The van der Waals surface area contributed by atoms with Crippen molar-refractivity contribution in [3.8, 4) is 0 Å². The molecule has 0 spiro atoms. The van der Waals surface area contributed by atoms with Crippen molar-refractivity contribution in [1.82, 2.24) is 9.97 Å². The molecule has 0 bridgehead atoms. The number of benzene rings is 1. The first-order chi connectivity index (χ1) is 7.75. The minimum atomic E-state index is 0.407. The smallest absolute Gasteiger partial charge is 0.148 e. The summed E-state index contributed by atoms with van der Waals surface area (Å²) in [5.74, 6) is 0.759. The van der Waals surface area contributed by atoms with E-state index in [-0.39, 0.29) is 0 Å². The van der Waals surface area contributed by atoms with E-state index in [0.29, 0.717) is 5.15 Å². The third-order valence-electron chi connectivity index (χ3n) is 1.92. The second kappa shape index (κ2) is 5.53. The van der Waals surface area contributed by atoms with Gasteiger partial charge in [0, 0.05) is 10.8 Å². The molecule has 2 rings (SSSR count). The highest BCUT2D eigenvalue weighted by molar-refractivity contribution is 7.98. The molecule has 5 heteroatoms. The Bertz CT molecular complexity index is 491. The zero-order chi connectivity index (χ0) is 11.4. The molecule has 2 nitrogen and oxygen atoms in total. The average Bonchev–Trinajstić information content (AvgIpc) is 2.28. The number of hydrogen-bond acceptors (Lipinski definition) is 3. The summed E-state index contributed by atoms with van der Waals surface area (Å²) in [4.78, 5) is 8.11. The maximum absolute atomic E-state index is 6.05. The van der Waals surface area contributed by atoms with Crippen LogP contribution in [0.3, 0.4) is 0 Å². The summed E-state index contributed by atoms with van der Waals surface area (Å²) in [6.07, 6.45) is 3.20. The van der Waals surface area contributed by atoms with Gasteiger partial charge in [0.1, 0.15) is 10.2 Å². The fourth-order valence-corrected chi connectivity index (χ4v) is 2.49. The van der Waals surface area contributed by atoms with Crippen LogP contribution in [0.15, 0.2) is 41.7 Å². The minimum Gasteiger partial charge on any atom is -0.259 e. The van der Waals surface area contributed by atoms with Crippen LogP contribution >= 0.6 is 35.0 Å². The van der Waals surface area contributed by atoms with Crippen LogP contribution in [0.1, 0.15) is 5.56 Å². The van der Waals surface area contributed by atoms with Gasteiger partial charge in [-0.05, 0) is 11.6 Å². The van der Waals surface area contributed by atoms with Crippen LogP contribution in [0.5, 0.6) is 0 Å². The lowest BCUT2D eigenvalue weighted by molar-refractivity contribution is 1.05. The molecule has 0 aliphatic rings. The average molecular weight is 271 g/mol. The SMILES string of the molecule is Clc1cncc(SCc2ccccc2Cl)n1. The highest BCUT2D eigenvalue weighted by Gasteiger charge is 2.02. The summed E-state index contributed by atoms with van der Waals surface area (Å²) in [5, 5.41) is 1.97. The van der Waals surface area contributed by atoms with E-state index in [2.05, 4.69) is 9.97 Å². The second-order valence-corrected chi connectivity index (χ2v) is 4.85. The number of nitrogens with zero attached hydrogens (tertiary/aromatic N) is 2. The van der Waals surface area contributed by atoms with Gasteiger partial charge >= 0.3 is 0 Å². The molecule has 0 radical (unpaired) electrons. The van der Waals surface area contributed by atoms with E-state index >= 15 is 0 Å². The van der Waals surface area contributed by atoms with Gasteiger partial charge in [-0.3, -0.25) is 4.98 Å². The van der Waals surface area contributed by atoms with Crippen molar-refractivity contribution in [1.29, 1.82) is 0 Å². The maximum Gasteiger partial charge on any atom is 0.148 e. The molecule has 0 atom stereocenters. The van der Waals surface area contributed by atoms with Crippen molar-refractivity contribution in [2.75, 3.05) is 0 Å². The molecule has 16 heavy (non-hydrogen) atoms. The van der Waals surface area contributed by atoms with Gasteiger partial charge in [0.2, 0.25) is 0 Å². The van der Waals surface area contributed by atoms with E-state index in [1.807, 2.05) is 24.3 Å². The van der Waals surface area contributed by atoms with Gasteiger partial charge in [-0.25, -0.2) is 4.98 Å². The number of rotatable bonds is 3. The fourth-order valence-electron chi connectivity index (χ4n) is 1.16. The molecule has 0 unspecified atom stereocenters. The molecule has 0 N–H and O–H groups in total. The van der Waals surface area contributed by atoms with E-state index in [1.54, 1.807) is 18.0 Å². The molecule has 0 saturated carbocycles. The number of aromatic nitrogens is 2. The van der Waals surface area contributed by atoms with Crippen LogP contribution in [0.4, 0.5) is 0 Å². The normalized spacial score (nSPS) is 10.4. The van der Waals surface area contributed by atoms with Gasteiger partial charge in [-0.15, -0.1) is 0 Å². The van der Waals surface area contributed by atoms with Gasteiger partial charge in [0.25, 0.3) is 0 Å². The molecule has 1 aromatic heterocycles. The molecule has 82 valence electrons. The molecule has 0 fully saturated rings. The molecule has 0 aliphatic heterocycles. The lowest BCUT2D eigenvalue weighted by Gasteiger charge is -2.03. The Morgan fingerprint density at radius 2 is 1.94 bits per heavy atom. The molecule has 0 amide bonds. The number of halogens is 2. The Labute approximate surface area is 108 Å². The van der Waals surface area contributed by atoms with Crippen molar-refractivity contribution in [2.24, 2.45) is 0 Å². The maximum atomic E-state index is 6.05. The predicted octanol–water partition coefficient (Wildman–Crippen LogP) is 4.08. The number of thioether (sulfide) groups is 1. The molecular weight excluding hydrogens is 263 g/mol. The highest BCUT2D eigenvalue weighted by atomic mass is 35.5. The Morgan fingerprint density at radius 3 is 2.69 bits per heavy atom. The number of hydrogen-bond donors (Lipinski definition) is 0. The quantitative estimate of drug-likeness (QED) is 0.787. The highest BCUT2D eigenvalue weighted by Crippen LogP contribution is 2.25. The van der Waals surface area contributed by atoms with E-state index in [4.69, 9.17) is 23.2 Å². The van der Waals surface area contributed by atoms with Crippen molar-refractivity contribution in [3.63, 3.8) is 0 Å². The molecular formula is C11H8Cl2N2S. The first-order valence-corrected chi connectivity index (χ1v) is 6.33. The third kappa shape index (κ3) is 3.11. The Hall–Kier alpha value is -0.770. The van der Waals surface area contributed by atoms with Crippen molar-refractivity contribution >= 4 is 35.0 Å². The van der Waals surface area contributed by atoms with Crippen LogP contribution in [-0.4, -0.2) is 9.97 Å². The fraction of sp³-hybridized carbons (Fsp3) is 0.0909. The zero-order valence-corrected chi connectivity index (χ0v) is 10.6. The van der Waals surface area contributed by atoms with Gasteiger partial charge in [-0.2, -0.15) is 0 Å². The lowest BCUT2D eigenvalue weighted by atomic mass is 10.2. The van der Waals surface area contributed by atoms with Gasteiger partial charge in [-0.1, -0.05) is 53.2 Å². The van der Waals surface area contributed by atoms with E-state index in [1.165, 1.54) is 6.20 Å². The van der Waals surface area contributed by atoms with Crippen LogP contribution in [0.25, 0.3) is 0 Å². The zero-order valence-electron chi connectivity index (χ0n) is 8.23. The van der Waals surface area contributed by atoms with E-state index in [0.717, 1.165) is 21.4 Å². The molecule has 1 heterocycles. The third-order valence-corrected chi connectivity index (χ3v) is 3.42. The summed E-state index contributed by atoms with van der Waals surface area (Å²) in [6.45, 7) is 0. The summed E-state index contributed by atoms with van der Waals surface area (Å²) < 4.78 is 0. The van der Waals surface area contributed by atoms with Gasteiger partial charge in [0.05, 0.1) is 12.4 Å². The monoisotopic (exact) mass is 270 g/mol. The first kappa shape index (κ1) is 11.7. The summed E-state index contributed by atoms with van der Waals surface area (Å²) in [6, 6.07) is 7.75. The van der Waals surface area contributed by atoms with E-state index < -0.39 is 0 Å². The topological polar surface area (TPSA) is 25.8 Å². The summed E-state index contributed by atoms with van der Waals surface area (Å²) >= 11 is 13.4. The van der Waals surface area contributed by atoms with Crippen molar-refractivity contribution in [3.05, 3.63) is 52.4 Å². The molecule has 0 aliphatic carbocycles.